The zero-order valence-electron chi connectivity index (χ0n) is 20.1. The second kappa shape index (κ2) is 13.1. The lowest BCUT2D eigenvalue weighted by Crippen LogP contribution is -2.22. The third-order valence-corrected chi connectivity index (χ3v) is 6.08. The van der Waals surface area contributed by atoms with Crippen molar-refractivity contribution in [1.82, 2.24) is 0 Å². The van der Waals surface area contributed by atoms with Gasteiger partial charge < -0.3 is 20.9 Å². The summed E-state index contributed by atoms with van der Waals surface area (Å²) in [6.07, 6.45) is 2.81. The van der Waals surface area contributed by atoms with Crippen LogP contribution in [0.5, 0.6) is 5.75 Å². The first-order chi connectivity index (χ1) is 17.8. The lowest BCUT2D eigenvalue weighted by Gasteiger charge is -2.25. The normalized spacial score (nSPS) is 12.4. The number of anilines is 3. The van der Waals surface area contributed by atoms with Gasteiger partial charge in [0, 0.05) is 15.7 Å². The summed E-state index contributed by atoms with van der Waals surface area (Å²) in [5, 5.41) is 24.8. The van der Waals surface area contributed by atoms with Crippen molar-refractivity contribution in [2.75, 3.05) is 16.4 Å². The van der Waals surface area contributed by atoms with Crippen LogP contribution in [0.3, 0.4) is 0 Å². The first kappa shape index (κ1) is 27.3. The van der Waals surface area contributed by atoms with Crippen LogP contribution < -0.4 is 16.4 Å². The summed E-state index contributed by atoms with van der Waals surface area (Å²) in [5.41, 5.74) is 8.27. The highest BCUT2D eigenvalue weighted by molar-refractivity contribution is 9.10. The molecular weight excluding hydrogens is 536 g/mol. The molecule has 8 nitrogen and oxygen atoms in total. The molecule has 9 heteroatoms. The van der Waals surface area contributed by atoms with Crippen molar-refractivity contribution in [3.05, 3.63) is 94.5 Å². The van der Waals surface area contributed by atoms with E-state index in [4.69, 9.17) is 15.7 Å². The Bertz CT molecular complexity index is 1320. The van der Waals surface area contributed by atoms with Gasteiger partial charge >= 0.3 is 6.09 Å². The van der Waals surface area contributed by atoms with Gasteiger partial charge in [0.15, 0.2) is 0 Å². The van der Waals surface area contributed by atoms with Crippen LogP contribution in [0.1, 0.15) is 37.0 Å². The van der Waals surface area contributed by atoms with Crippen molar-refractivity contribution in [2.24, 2.45) is 5.92 Å². The molecule has 0 fully saturated rings. The summed E-state index contributed by atoms with van der Waals surface area (Å²) in [7, 11) is 0. The van der Waals surface area contributed by atoms with E-state index in [9.17, 15) is 14.7 Å². The van der Waals surface area contributed by atoms with E-state index in [1.807, 2.05) is 13.0 Å². The van der Waals surface area contributed by atoms with Crippen LogP contribution in [0, 0.1) is 17.2 Å². The van der Waals surface area contributed by atoms with E-state index in [0.29, 0.717) is 41.0 Å². The minimum atomic E-state index is -0.762. The van der Waals surface area contributed by atoms with E-state index < -0.39 is 12.2 Å². The van der Waals surface area contributed by atoms with Gasteiger partial charge in [-0.2, -0.15) is 5.26 Å². The minimum absolute atomic E-state index is 0.00147. The molecule has 0 aliphatic carbocycles. The number of halogens is 1. The average molecular weight is 563 g/mol. The van der Waals surface area contributed by atoms with Crippen LogP contribution in [-0.4, -0.2) is 17.1 Å². The maximum absolute atomic E-state index is 12.7. The molecule has 0 aliphatic heterocycles. The Kier molecular flexibility index (Phi) is 9.69. The Morgan fingerprint density at radius 2 is 1.86 bits per heavy atom. The first-order valence-electron chi connectivity index (χ1n) is 11.5. The SMILES string of the molecule is C[C@@H](CC/C=C/C(=O)Nc1ccccc1N)[C@@H](OC(=O)Nc1ccc(C#N)cc1)c1cc(Br)ccc1O. The second-order valence-electron chi connectivity index (χ2n) is 8.38. The molecule has 0 heterocycles. The third kappa shape index (κ3) is 8.12. The fourth-order valence-corrected chi connectivity index (χ4v) is 4.00. The van der Waals surface area contributed by atoms with E-state index >= 15 is 0 Å². The summed E-state index contributed by atoms with van der Waals surface area (Å²) < 4.78 is 6.48. The molecule has 2 atom stereocenters. The number of nitrogens with zero attached hydrogens (tertiary/aromatic N) is 1. The molecule has 0 radical (unpaired) electrons. The van der Waals surface area contributed by atoms with Gasteiger partial charge in [-0.3, -0.25) is 10.1 Å². The second-order valence-corrected chi connectivity index (χ2v) is 9.29. The molecule has 3 rings (SSSR count). The molecule has 0 bridgehead atoms. The molecule has 0 saturated carbocycles. The Labute approximate surface area is 223 Å². The van der Waals surface area contributed by atoms with Gasteiger partial charge in [0.25, 0.3) is 0 Å². The molecule has 190 valence electrons. The van der Waals surface area contributed by atoms with Crippen LogP contribution in [0.2, 0.25) is 0 Å². The number of carbonyl (C=O) groups is 2. The van der Waals surface area contributed by atoms with Crippen LogP contribution in [0.15, 0.2) is 83.4 Å². The number of hydrogen-bond acceptors (Lipinski definition) is 6. The number of phenolic OH excluding ortho intramolecular Hbond substituents is 1. The number of amides is 2. The van der Waals surface area contributed by atoms with E-state index in [0.717, 1.165) is 4.47 Å². The van der Waals surface area contributed by atoms with Gasteiger partial charge in [0.05, 0.1) is 23.0 Å². The molecule has 3 aromatic carbocycles. The number of carbonyl (C=O) groups excluding carboxylic acids is 2. The van der Waals surface area contributed by atoms with Crippen LogP contribution >= 0.6 is 15.9 Å². The van der Waals surface area contributed by atoms with Gasteiger partial charge in [-0.05, 0) is 79.4 Å². The number of benzene rings is 3. The third-order valence-electron chi connectivity index (χ3n) is 5.58. The fourth-order valence-electron chi connectivity index (χ4n) is 3.62. The Balaban J connectivity index is 1.65. The molecular formula is C28H27BrN4O4. The van der Waals surface area contributed by atoms with E-state index in [2.05, 4.69) is 26.6 Å². The zero-order valence-corrected chi connectivity index (χ0v) is 21.7. The van der Waals surface area contributed by atoms with Crippen LogP contribution in [-0.2, 0) is 9.53 Å². The molecule has 3 aromatic rings. The number of rotatable bonds is 9. The first-order valence-corrected chi connectivity index (χ1v) is 12.3. The van der Waals surface area contributed by atoms with Crippen LogP contribution in [0.4, 0.5) is 21.9 Å². The van der Waals surface area contributed by atoms with Crippen molar-refractivity contribution >= 4 is 45.0 Å². The van der Waals surface area contributed by atoms with Gasteiger partial charge in [-0.15, -0.1) is 0 Å². The summed E-state index contributed by atoms with van der Waals surface area (Å²) >= 11 is 3.40. The molecule has 0 aliphatic rings. The highest BCUT2D eigenvalue weighted by atomic mass is 79.9. The van der Waals surface area contributed by atoms with Crippen molar-refractivity contribution in [3.63, 3.8) is 0 Å². The Morgan fingerprint density at radius 3 is 2.57 bits per heavy atom. The minimum Gasteiger partial charge on any atom is -0.508 e. The highest BCUT2D eigenvalue weighted by Gasteiger charge is 2.26. The Hall–Kier alpha value is -4.29. The van der Waals surface area contributed by atoms with E-state index in [1.165, 1.54) is 12.1 Å². The van der Waals surface area contributed by atoms with Crippen molar-refractivity contribution in [3.8, 4) is 11.8 Å². The monoisotopic (exact) mass is 562 g/mol. The fraction of sp³-hybridized carbons (Fsp3) is 0.179. The number of nitriles is 1. The lowest BCUT2D eigenvalue weighted by molar-refractivity contribution is -0.111. The Morgan fingerprint density at radius 1 is 1.14 bits per heavy atom. The standard InChI is InChI=1S/C28H27BrN4O4/c1-18(6-2-5-9-26(35)33-24-8-4-3-7-23(24)31)27(22-16-20(29)12-15-25(22)34)37-28(36)32-21-13-10-19(17-30)11-14-21/h3-5,7-16,18,27,34H,2,6,31H2,1H3,(H,32,36)(H,33,35)/b9-5+/t18-,27+/m0/s1. The van der Waals surface area contributed by atoms with Crippen molar-refractivity contribution in [1.29, 1.82) is 5.26 Å². The molecule has 0 spiro atoms. The number of hydrogen-bond donors (Lipinski definition) is 4. The summed E-state index contributed by atoms with van der Waals surface area (Å²) in [5.74, 6) is -0.504. The molecule has 0 aromatic heterocycles. The maximum atomic E-state index is 12.7. The predicted molar refractivity (Wildman–Crippen MR) is 147 cm³/mol. The zero-order chi connectivity index (χ0) is 26.8. The molecule has 0 saturated heterocycles. The summed E-state index contributed by atoms with van der Waals surface area (Å²) in [6, 6.07) is 20.3. The highest BCUT2D eigenvalue weighted by Crippen LogP contribution is 2.36. The smallest absolute Gasteiger partial charge is 0.412 e. The van der Waals surface area contributed by atoms with Gasteiger partial charge in [0.2, 0.25) is 5.91 Å². The number of para-hydroxylation sites is 2. The van der Waals surface area contributed by atoms with Gasteiger partial charge in [-0.1, -0.05) is 41.1 Å². The van der Waals surface area contributed by atoms with Gasteiger partial charge in [0.1, 0.15) is 11.9 Å². The molecule has 2 amide bonds. The van der Waals surface area contributed by atoms with E-state index in [1.54, 1.807) is 66.7 Å². The van der Waals surface area contributed by atoms with E-state index in [-0.39, 0.29) is 17.6 Å². The number of phenols is 1. The summed E-state index contributed by atoms with van der Waals surface area (Å²) in [4.78, 5) is 24.9. The van der Waals surface area contributed by atoms with Gasteiger partial charge in [-0.25, -0.2) is 4.79 Å². The topological polar surface area (TPSA) is 137 Å². The predicted octanol–water partition coefficient (Wildman–Crippen LogP) is 6.51. The average Bonchev–Trinajstić information content (AvgIpc) is 2.88. The largest absolute Gasteiger partial charge is 0.508 e. The quantitative estimate of drug-likeness (QED) is 0.173. The number of allylic oxidation sites excluding steroid dienone is 1. The van der Waals surface area contributed by atoms with Crippen LogP contribution in [0.25, 0.3) is 0 Å². The number of nitrogens with one attached hydrogen (secondary N) is 2. The molecule has 5 N–H and O–H groups in total. The van der Waals surface area contributed by atoms with Crippen molar-refractivity contribution < 1.29 is 19.4 Å². The number of ether oxygens (including phenoxy) is 1. The molecule has 37 heavy (non-hydrogen) atoms. The molecule has 0 unspecified atom stereocenters. The van der Waals surface area contributed by atoms with Crippen molar-refractivity contribution in [2.45, 2.75) is 25.9 Å². The number of nitrogens with two attached hydrogens (primary N) is 1. The summed E-state index contributed by atoms with van der Waals surface area (Å²) in [6.45, 7) is 1.90. The number of aromatic hydroxyl groups is 1. The maximum Gasteiger partial charge on any atom is 0.412 e. The number of nitrogen functional groups attached to an aromatic ring is 1. The lowest BCUT2D eigenvalue weighted by atomic mass is 9.92.